The fraction of sp³-hybridized carbons (Fsp3) is 1.00. The Balaban J connectivity index is 2.00. The van der Waals surface area contributed by atoms with E-state index in [1.165, 1.54) is 0 Å². The predicted molar refractivity (Wildman–Crippen MR) is 64.5 cm³/mol. The fourth-order valence-corrected chi connectivity index (χ4v) is 3.24. The standard InChI is InChI=1S/C12H24N2O3/c15-7-10(8-1-3-13-4-2-8)9-5-14-6-11(16)12(9)17/h8-17H,1-7H2/t9-,10?,11+,12+/m0/s1. The molecule has 0 bridgehead atoms. The number of nitrogens with one attached hydrogen (secondary N) is 2. The summed E-state index contributed by atoms with van der Waals surface area (Å²) in [6, 6.07) is 0. The van der Waals surface area contributed by atoms with Crippen LogP contribution in [-0.2, 0) is 0 Å². The zero-order chi connectivity index (χ0) is 12.3. The van der Waals surface area contributed by atoms with Crippen molar-refractivity contribution in [3.05, 3.63) is 0 Å². The molecule has 2 fully saturated rings. The van der Waals surface area contributed by atoms with Gasteiger partial charge in [0.05, 0.1) is 12.2 Å². The molecule has 0 radical (unpaired) electrons. The van der Waals surface area contributed by atoms with Crippen LogP contribution in [0.1, 0.15) is 12.8 Å². The van der Waals surface area contributed by atoms with Gasteiger partial charge in [-0.05, 0) is 37.8 Å². The molecule has 0 spiro atoms. The number of hydrogen-bond acceptors (Lipinski definition) is 5. The molecular formula is C12H24N2O3. The first-order chi connectivity index (χ1) is 8.24. The van der Waals surface area contributed by atoms with Crippen LogP contribution in [0.2, 0.25) is 0 Å². The van der Waals surface area contributed by atoms with E-state index >= 15 is 0 Å². The third-order valence-corrected chi connectivity index (χ3v) is 4.32. The van der Waals surface area contributed by atoms with Crippen molar-refractivity contribution in [2.24, 2.45) is 17.8 Å². The van der Waals surface area contributed by atoms with Gasteiger partial charge in [0.15, 0.2) is 0 Å². The average Bonchev–Trinajstić information content (AvgIpc) is 2.37. The summed E-state index contributed by atoms with van der Waals surface area (Å²) < 4.78 is 0. The van der Waals surface area contributed by atoms with Crippen LogP contribution in [0.4, 0.5) is 0 Å². The Kier molecular flexibility index (Phi) is 4.76. The monoisotopic (exact) mass is 244 g/mol. The first-order valence-corrected chi connectivity index (χ1v) is 6.62. The van der Waals surface area contributed by atoms with Crippen LogP contribution in [0.25, 0.3) is 0 Å². The molecule has 2 saturated heterocycles. The maximum absolute atomic E-state index is 10.1. The van der Waals surface area contributed by atoms with Crippen molar-refractivity contribution in [3.8, 4) is 0 Å². The topological polar surface area (TPSA) is 84.8 Å². The van der Waals surface area contributed by atoms with Crippen LogP contribution in [0, 0.1) is 17.8 Å². The highest BCUT2D eigenvalue weighted by molar-refractivity contribution is 4.91. The van der Waals surface area contributed by atoms with Gasteiger partial charge in [0, 0.05) is 25.6 Å². The number of hydrogen-bond donors (Lipinski definition) is 5. The quantitative estimate of drug-likeness (QED) is 0.419. The zero-order valence-electron chi connectivity index (χ0n) is 10.2. The molecule has 0 aromatic heterocycles. The van der Waals surface area contributed by atoms with Gasteiger partial charge >= 0.3 is 0 Å². The molecule has 5 nitrogen and oxygen atoms in total. The lowest BCUT2D eigenvalue weighted by Gasteiger charge is -2.41. The molecule has 2 rings (SSSR count). The molecule has 5 N–H and O–H groups in total. The van der Waals surface area contributed by atoms with E-state index in [-0.39, 0.29) is 18.4 Å². The van der Waals surface area contributed by atoms with E-state index in [9.17, 15) is 15.3 Å². The summed E-state index contributed by atoms with van der Waals surface area (Å²) in [5.41, 5.74) is 0. The maximum Gasteiger partial charge on any atom is 0.0926 e. The Bertz CT molecular complexity index is 234. The third kappa shape index (κ3) is 2.98. The highest BCUT2D eigenvalue weighted by atomic mass is 16.3. The summed E-state index contributed by atoms with van der Waals surface area (Å²) >= 11 is 0. The van der Waals surface area contributed by atoms with Gasteiger partial charge in [-0.3, -0.25) is 0 Å². The summed E-state index contributed by atoms with van der Waals surface area (Å²) in [5, 5.41) is 35.8. The Morgan fingerprint density at radius 1 is 1.06 bits per heavy atom. The van der Waals surface area contributed by atoms with Crippen LogP contribution >= 0.6 is 0 Å². The van der Waals surface area contributed by atoms with Crippen LogP contribution in [0.3, 0.4) is 0 Å². The highest BCUT2D eigenvalue weighted by Gasteiger charge is 2.39. The molecule has 0 saturated carbocycles. The molecule has 0 aliphatic carbocycles. The molecule has 2 aliphatic heterocycles. The van der Waals surface area contributed by atoms with Crippen molar-refractivity contribution in [1.29, 1.82) is 0 Å². The summed E-state index contributed by atoms with van der Waals surface area (Å²) in [7, 11) is 0. The lowest BCUT2D eigenvalue weighted by Crippen LogP contribution is -2.55. The minimum absolute atomic E-state index is 0.0353. The normalized spacial score (nSPS) is 37.9. The minimum atomic E-state index is -0.705. The first kappa shape index (κ1) is 13.2. The van der Waals surface area contributed by atoms with Crippen LogP contribution in [0.15, 0.2) is 0 Å². The predicted octanol–water partition coefficient (Wildman–Crippen LogP) is -1.46. The van der Waals surface area contributed by atoms with E-state index in [0.29, 0.717) is 19.0 Å². The Hall–Kier alpha value is -0.200. The van der Waals surface area contributed by atoms with Gasteiger partial charge in [-0.2, -0.15) is 0 Å². The SMILES string of the molecule is OCC(C1CCNCC1)[C@@H]1CNC[C@@H](O)[C@@H]1O. The molecule has 0 aromatic carbocycles. The number of aliphatic hydroxyl groups is 3. The summed E-state index contributed by atoms with van der Waals surface area (Å²) in [6.45, 7) is 3.20. The molecule has 0 aromatic rings. The molecule has 2 aliphatic rings. The van der Waals surface area contributed by atoms with E-state index in [1.54, 1.807) is 0 Å². The van der Waals surface area contributed by atoms with Gasteiger partial charge < -0.3 is 26.0 Å². The lowest BCUT2D eigenvalue weighted by molar-refractivity contribution is -0.0714. The van der Waals surface area contributed by atoms with E-state index in [2.05, 4.69) is 10.6 Å². The Labute approximate surface area is 102 Å². The van der Waals surface area contributed by atoms with Crippen LogP contribution in [0.5, 0.6) is 0 Å². The van der Waals surface area contributed by atoms with Crippen molar-refractivity contribution >= 4 is 0 Å². The second-order valence-electron chi connectivity index (χ2n) is 5.31. The average molecular weight is 244 g/mol. The van der Waals surface area contributed by atoms with Gasteiger partial charge in [-0.15, -0.1) is 0 Å². The van der Waals surface area contributed by atoms with Crippen molar-refractivity contribution < 1.29 is 15.3 Å². The van der Waals surface area contributed by atoms with E-state index in [4.69, 9.17) is 0 Å². The molecule has 4 atom stereocenters. The lowest BCUT2D eigenvalue weighted by atomic mass is 9.73. The van der Waals surface area contributed by atoms with Crippen molar-refractivity contribution in [3.63, 3.8) is 0 Å². The van der Waals surface area contributed by atoms with Gasteiger partial charge in [0.25, 0.3) is 0 Å². The summed E-state index contributed by atoms with van der Waals surface area (Å²) in [6.07, 6.45) is 0.683. The molecular weight excluding hydrogens is 220 g/mol. The minimum Gasteiger partial charge on any atom is -0.396 e. The van der Waals surface area contributed by atoms with Crippen molar-refractivity contribution in [1.82, 2.24) is 10.6 Å². The molecule has 1 unspecified atom stereocenters. The highest BCUT2D eigenvalue weighted by Crippen LogP contribution is 2.31. The van der Waals surface area contributed by atoms with Crippen LogP contribution < -0.4 is 10.6 Å². The van der Waals surface area contributed by atoms with E-state index < -0.39 is 12.2 Å². The molecule has 100 valence electrons. The summed E-state index contributed by atoms with van der Waals surface area (Å²) in [4.78, 5) is 0. The first-order valence-electron chi connectivity index (χ1n) is 6.62. The van der Waals surface area contributed by atoms with E-state index in [1.807, 2.05) is 0 Å². The number of rotatable bonds is 3. The third-order valence-electron chi connectivity index (χ3n) is 4.32. The molecule has 0 amide bonds. The fourth-order valence-electron chi connectivity index (χ4n) is 3.24. The van der Waals surface area contributed by atoms with Gasteiger partial charge in [0.2, 0.25) is 0 Å². The number of piperidine rings is 2. The smallest absolute Gasteiger partial charge is 0.0926 e. The van der Waals surface area contributed by atoms with E-state index in [0.717, 1.165) is 25.9 Å². The second-order valence-corrected chi connectivity index (χ2v) is 5.31. The number of β-amino-alcohol motifs (C(OH)–C–C–N with tert-alkyl or cyclic N) is 1. The largest absolute Gasteiger partial charge is 0.396 e. The van der Waals surface area contributed by atoms with Crippen LogP contribution in [-0.4, -0.2) is 60.3 Å². The van der Waals surface area contributed by atoms with Gasteiger partial charge in [-0.25, -0.2) is 0 Å². The Morgan fingerprint density at radius 2 is 1.76 bits per heavy atom. The molecule has 17 heavy (non-hydrogen) atoms. The maximum atomic E-state index is 10.1. The molecule has 2 heterocycles. The summed E-state index contributed by atoms with van der Waals surface area (Å²) in [5.74, 6) is 0.509. The molecule has 5 heteroatoms. The number of aliphatic hydroxyl groups excluding tert-OH is 3. The van der Waals surface area contributed by atoms with Crippen molar-refractivity contribution in [2.45, 2.75) is 25.0 Å². The zero-order valence-corrected chi connectivity index (χ0v) is 10.2. The Morgan fingerprint density at radius 3 is 2.41 bits per heavy atom. The van der Waals surface area contributed by atoms with Gasteiger partial charge in [0.1, 0.15) is 0 Å². The van der Waals surface area contributed by atoms with Crippen molar-refractivity contribution in [2.75, 3.05) is 32.8 Å². The second kappa shape index (κ2) is 6.11. The van der Waals surface area contributed by atoms with Gasteiger partial charge in [-0.1, -0.05) is 0 Å².